The molecule has 22 heavy (non-hydrogen) atoms. The van der Waals surface area contributed by atoms with Crippen LogP contribution in [0.15, 0.2) is 15.7 Å². The smallest absolute Gasteiger partial charge is 0.250 e. The van der Waals surface area contributed by atoms with Crippen LogP contribution < -0.4 is 10.5 Å². The molecule has 1 aromatic rings. The number of nitrogens with zero attached hydrogens (tertiary/aromatic N) is 1. The molecule has 1 aromatic heterocycles. The van der Waals surface area contributed by atoms with E-state index < -0.39 is 15.9 Å². The lowest BCUT2D eigenvalue weighted by Gasteiger charge is -2.31. The van der Waals surface area contributed by atoms with Crippen LogP contribution in [0.2, 0.25) is 0 Å². The van der Waals surface area contributed by atoms with Crippen LogP contribution in [0.5, 0.6) is 0 Å². The van der Waals surface area contributed by atoms with E-state index in [0.717, 1.165) is 37.3 Å². The largest absolute Gasteiger partial charge is 0.396 e. The molecule has 0 radical (unpaired) electrons. The Morgan fingerprint density at radius 3 is 2.95 bits per heavy atom. The fourth-order valence-electron chi connectivity index (χ4n) is 2.50. The number of carbonyl (C=O) groups excluding carboxylic acids is 1. The van der Waals surface area contributed by atoms with Gasteiger partial charge in [0, 0.05) is 31.6 Å². The van der Waals surface area contributed by atoms with Crippen molar-refractivity contribution in [3.8, 4) is 0 Å². The monoisotopic (exact) mass is 347 g/mol. The van der Waals surface area contributed by atoms with E-state index in [0.29, 0.717) is 13.1 Å². The lowest BCUT2D eigenvalue weighted by Crippen LogP contribution is -2.41. The summed E-state index contributed by atoms with van der Waals surface area (Å²) in [7, 11) is -3.61. The summed E-state index contributed by atoms with van der Waals surface area (Å²) in [4.78, 5) is 13.2. The van der Waals surface area contributed by atoms with Crippen LogP contribution in [0.4, 0.5) is 0 Å². The summed E-state index contributed by atoms with van der Waals surface area (Å²) >= 11 is 0.977. The second kappa shape index (κ2) is 7.51. The zero-order valence-corrected chi connectivity index (χ0v) is 13.8. The van der Waals surface area contributed by atoms with Crippen molar-refractivity contribution >= 4 is 27.3 Å². The van der Waals surface area contributed by atoms with E-state index in [-0.39, 0.29) is 22.3 Å². The molecule has 0 spiro atoms. The maximum absolute atomic E-state index is 12.1. The first-order valence-corrected chi connectivity index (χ1v) is 9.50. The molecule has 1 saturated heterocycles. The molecule has 1 fully saturated rings. The van der Waals surface area contributed by atoms with Crippen molar-refractivity contribution in [2.24, 2.45) is 11.7 Å². The summed E-state index contributed by atoms with van der Waals surface area (Å²) in [5.41, 5.74) is 5.32. The van der Waals surface area contributed by atoms with Gasteiger partial charge in [-0.3, -0.25) is 4.79 Å². The standard InChI is InChI=1S/C13H21N3O4S2/c14-13(18)11-6-12(21-9-11)22(19,20)15-3-5-16-4-1-2-10(7-16)8-17/h6,9-10,15,17H,1-5,7-8H2,(H2,14,18)/t10-/m0/s1. The van der Waals surface area contributed by atoms with Gasteiger partial charge in [-0.25, -0.2) is 13.1 Å². The third-order valence-corrected chi connectivity index (χ3v) is 6.61. The summed E-state index contributed by atoms with van der Waals surface area (Å²) in [6.07, 6.45) is 2.04. The maximum Gasteiger partial charge on any atom is 0.250 e. The van der Waals surface area contributed by atoms with E-state index in [4.69, 9.17) is 5.73 Å². The number of sulfonamides is 1. The first-order valence-electron chi connectivity index (χ1n) is 7.13. The van der Waals surface area contributed by atoms with E-state index >= 15 is 0 Å². The van der Waals surface area contributed by atoms with Crippen molar-refractivity contribution in [3.63, 3.8) is 0 Å². The Bertz CT molecular complexity index is 615. The van der Waals surface area contributed by atoms with E-state index in [9.17, 15) is 18.3 Å². The summed E-state index contributed by atoms with van der Waals surface area (Å²) in [6, 6.07) is 1.29. The van der Waals surface area contributed by atoms with Crippen LogP contribution in [0.25, 0.3) is 0 Å². The Hall–Kier alpha value is -1.00. The number of nitrogens with one attached hydrogen (secondary N) is 1. The molecule has 9 heteroatoms. The van der Waals surface area contributed by atoms with Crippen molar-refractivity contribution in [1.29, 1.82) is 0 Å². The van der Waals surface area contributed by atoms with Crippen LogP contribution in [-0.4, -0.2) is 57.1 Å². The van der Waals surface area contributed by atoms with Gasteiger partial charge in [0.2, 0.25) is 15.9 Å². The number of primary amides is 1. The molecule has 1 aliphatic heterocycles. The first-order chi connectivity index (χ1) is 10.4. The summed E-state index contributed by atoms with van der Waals surface area (Å²) < 4.78 is 26.9. The Labute approximate surface area is 134 Å². The van der Waals surface area contributed by atoms with Crippen molar-refractivity contribution in [2.45, 2.75) is 17.1 Å². The number of rotatable bonds is 7. The highest BCUT2D eigenvalue weighted by Gasteiger charge is 2.21. The topological polar surface area (TPSA) is 113 Å². The summed E-state index contributed by atoms with van der Waals surface area (Å²) in [5, 5.41) is 10.6. The van der Waals surface area contributed by atoms with Crippen molar-refractivity contribution in [1.82, 2.24) is 9.62 Å². The number of piperidine rings is 1. The minimum Gasteiger partial charge on any atom is -0.396 e. The molecular weight excluding hydrogens is 326 g/mol. The van der Waals surface area contributed by atoms with Gasteiger partial charge in [0.25, 0.3) is 0 Å². The van der Waals surface area contributed by atoms with Crippen molar-refractivity contribution in [3.05, 3.63) is 17.0 Å². The highest BCUT2D eigenvalue weighted by Crippen LogP contribution is 2.20. The molecule has 1 atom stereocenters. The summed E-state index contributed by atoms with van der Waals surface area (Å²) in [6.45, 7) is 2.79. The van der Waals surface area contributed by atoms with Gasteiger partial charge in [-0.2, -0.15) is 0 Å². The predicted molar refractivity (Wildman–Crippen MR) is 84.3 cm³/mol. The van der Waals surface area contributed by atoms with E-state index in [1.807, 2.05) is 0 Å². The molecular formula is C13H21N3O4S2. The average molecular weight is 347 g/mol. The van der Waals surface area contributed by atoms with Crippen LogP contribution in [-0.2, 0) is 10.0 Å². The summed E-state index contributed by atoms with van der Waals surface area (Å²) in [5.74, 6) is -0.359. The number of aliphatic hydroxyl groups is 1. The Balaban J connectivity index is 1.85. The molecule has 7 nitrogen and oxygen atoms in total. The molecule has 1 amide bonds. The van der Waals surface area contributed by atoms with Crippen LogP contribution in [0.1, 0.15) is 23.2 Å². The van der Waals surface area contributed by atoms with Crippen molar-refractivity contribution in [2.75, 3.05) is 32.8 Å². The van der Waals surface area contributed by atoms with E-state index in [1.54, 1.807) is 0 Å². The number of thiophene rings is 1. The fraction of sp³-hybridized carbons (Fsp3) is 0.615. The maximum atomic E-state index is 12.1. The van der Waals surface area contributed by atoms with Gasteiger partial charge in [0.1, 0.15) is 4.21 Å². The Morgan fingerprint density at radius 1 is 1.55 bits per heavy atom. The van der Waals surface area contributed by atoms with Gasteiger partial charge in [0.15, 0.2) is 0 Å². The van der Waals surface area contributed by atoms with Crippen molar-refractivity contribution < 1.29 is 18.3 Å². The SMILES string of the molecule is NC(=O)c1csc(S(=O)(=O)NCCN2CCC[C@H](CO)C2)c1. The molecule has 0 saturated carbocycles. The van der Waals surface area contributed by atoms with Gasteiger partial charge in [-0.1, -0.05) is 0 Å². The lowest BCUT2D eigenvalue weighted by atomic mass is 9.99. The number of hydrogen-bond acceptors (Lipinski definition) is 6. The number of aliphatic hydroxyl groups excluding tert-OH is 1. The Morgan fingerprint density at radius 2 is 2.32 bits per heavy atom. The molecule has 0 bridgehead atoms. The number of nitrogens with two attached hydrogens (primary N) is 1. The van der Waals surface area contributed by atoms with Gasteiger partial charge >= 0.3 is 0 Å². The molecule has 0 unspecified atom stereocenters. The number of amides is 1. The molecule has 2 rings (SSSR count). The first kappa shape index (κ1) is 17.4. The molecule has 0 aliphatic carbocycles. The van der Waals surface area contributed by atoms with Crippen LogP contribution in [0, 0.1) is 5.92 Å². The second-order valence-corrected chi connectivity index (χ2v) is 8.31. The van der Waals surface area contributed by atoms with Gasteiger partial charge in [0.05, 0.1) is 5.56 Å². The number of carbonyl (C=O) groups is 1. The minimum absolute atomic E-state index is 0.0909. The van der Waals surface area contributed by atoms with Gasteiger partial charge in [-0.05, 0) is 31.4 Å². The minimum atomic E-state index is -3.61. The zero-order chi connectivity index (χ0) is 16.2. The third kappa shape index (κ3) is 4.50. The molecule has 1 aliphatic rings. The lowest BCUT2D eigenvalue weighted by molar-refractivity contribution is 0.100. The molecule has 4 N–H and O–H groups in total. The second-order valence-electron chi connectivity index (χ2n) is 5.41. The van der Waals surface area contributed by atoms with E-state index in [1.165, 1.54) is 11.4 Å². The average Bonchev–Trinajstić information content (AvgIpc) is 2.98. The van der Waals surface area contributed by atoms with Crippen LogP contribution >= 0.6 is 11.3 Å². The van der Waals surface area contributed by atoms with Crippen LogP contribution in [0.3, 0.4) is 0 Å². The molecule has 2 heterocycles. The molecule has 124 valence electrons. The zero-order valence-electron chi connectivity index (χ0n) is 12.2. The quantitative estimate of drug-likeness (QED) is 0.634. The highest BCUT2D eigenvalue weighted by atomic mass is 32.2. The molecule has 0 aromatic carbocycles. The fourth-order valence-corrected chi connectivity index (χ4v) is 4.73. The number of hydrogen-bond donors (Lipinski definition) is 3. The van der Waals surface area contributed by atoms with E-state index in [2.05, 4.69) is 9.62 Å². The third-order valence-electron chi connectivity index (χ3n) is 3.71. The normalized spacial score (nSPS) is 20.1. The van der Waals surface area contributed by atoms with Gasteiger partial charge < -0.3 is 15.7 Å². The Kier molecular flexibility index (Phi) is 5.93. The number of likely N-dealkylation sites (tertiary alicyclic amines) is 1. The highest BCUT2D eigenvalue weighted by molar-refractivity contribution is 7.91. The van der Waals surface area contributed by atoms with Gasteiger partial charge in [-0.15, -0.1) is 11.3 Å². The predicted octanol–water partition coefficient (Wildman–Crippen LogP) is -0.170.